The second-order valence-electron chi connectivity index (χ2n) is 4.93. The normalized spacial score (nSPS) is 10.8. The van der Waals surface area contributed by atoms with Crippen molar-refractivity contribution in [3.05, 3.63) is 59.7 Å². The van der Waals surface area contributed by atoms with Gasteiger partial charge in [0.1, 0.15) is 0 Å². The molecule has 7 nitrogen and oxygen atoms in total. The number of hydrogen-bond donors (Lipinski definition) is 1. The van der Waals surface area contributed by atoms with Crippen molar-refractivity contribution in [2.24, 2.45) is 0 Å². The van der Waals surface area contributed by atoms with Crippen molar-refractivity contribution in [3.8, 4) is 0 Å². The van der Waals surface area contributed by atoms with Gasteiger partial charge in [0, 0.05) is 5.69 Å². The lowest BCUT2D eigenvalue weighted by molar-refractivity contribution is 0.0525. The summed E-state index contributed by atoms with van der Waals surface area (Å²) >= 11 is 0. The molecule has 0 saturated carbocycles. The summed E-state index contributed by atoms with van der Waals surface area (Å²) in [7, 11) is -2.73. The first kappa shape index (κ1) is 18.5. The number of ether oxygens (including phenoxy) is 2. The molecule has 0 aliphatic carbocycles. The van der Waals surface area contributed by atoms with Crippen LogP contribution in [0.25, 0.3) is 0 Å². The molecule has 0 unspecified atom stereocenters. The summed E-state index contributed by atoms with van der Waals surface area (Å²) in [6, 6.07) is 11.4. The maximum absolute atomic E-state index is 12.5. The molecule has 0 amide bonds. The van der Waals surface area contributed by atoms with Gasteiger partial charge in [0.05, 0.1) is 29.7 Å². The molecule has 2 rings (SSSR count). The smallest absolute Gasteiger partial charge is 0.338 e. The van der Waals surface area contributed by atoms with Gasteiger partial charge in [-0.15, -0.1) is 0 Å². The molecule has 25 heavy (non-hydrogen) atoms. The lowest BCUT2D eigenvalue weighted by atomic mass is 10.2. The first-order chi connectivity index (χ1) is 11.9. The first-order valence-corrected chi connectivity index (χ1v) is 8.84. The van der Waals surface area contributed by atoms with Gasteiger partial charge in [-0.25, -0.2) is 18.0 Å². The Morgan fingerprint density at radius 1 is 1.00 bits per heavy atom. The minimum Gasteiger partial charge on any atom is -0.465 e. The molecular formula is C17H17NO6S. The van der Waals surface area contributed by atoms with E-state index in [9.17, 15) is 18.0 Å². The van der Waals surface area contributed by atoms with E-state index in [0.29, 0.717) is 0 Å². The predicted molar refractivity (Wildman–Crippen MR) is 91.0 cm³/mol. The Morgan fingerprint density at radius 2 is 1.64 bits per heavy atom. The number of esters is 2. The number of carbonyl (C=O) groups excluding carboxylic acids is 2. The van der Waals surface area contributed by atoms with Gasteiger partial charge in [-0.05, 0) is 43.3 Å². The van der Waals surface area contributed by atoms with Crippen LogP contribution in [-0.4, -0.2) is 34.1 Å². The largest absolute Gasteiger partial charge is 0.465 e. The van der Waals surface area contributed by atoms with Crippen molar-refractivity contribution in [3.63, 3.8) is 0 Å². The van der Waals surface area contributed by atoms with E-state index in [1.807, 2.05) is 0 Å². The summed E-state index contributed by atoms with van der Waals surface area (Å²) in [5.41, 5.74) is 0.546. The summed E-state index contributed by atoms with van der Waals surface area (Å²) in [6.45, 7) is 1.90. The fraction of sp³-hybridized carbons (Fsp3) is 0.176. The molecule has 0 atom stereocenters. The van der Waals surface area contributed by atoms with Crippen LogP contribution in [0.15, 0.2) is 53.4 Å². The van der Waals surface area contributed by atoms with Crippen LogP contribution < -0.4 is 4.72 Å². The monoisotopic (exact) mass is 363 g/mol. The molecule has 0 spiro atoms. The Labute approximate surface area is 145 Å². The van der Waals surface area contributed by atoms with E-state index >= 15 is 0 Å². The zero-order chi connectivity index (χ0) is 18.4. The summed E-state index contributed by atoms with van der Waals surface area (Å²) in [5, 5.41) is 0. The minimum absolute atomic E-state index is 0.100. The molecule has 0 aliphatic rings. The van der Waals surface area contributed by atoms with Crippen molar-refractivity contribution < 1.29 is 27.5 Å². The van der Waals surface area contributed by atoms with Gasteiger partial charge < -0.3 is 9.47 Å². The molecule has 2 aromatic rings. The number of benzene rings is 2. The van der Waals surface area contributed by atoms with E-state index in [1.54, 1.807) is 6.92 Å². The van der Waals surface area contributed by atoms with Crippen LogP contribution in [0, 0.1) is 0 Å². The van der Waals surface area contributed by atoms with Gasteiger partial charge in [0.25, 0.3) is 10.0 Å². The van der Waals surface area contributed by atoms with Crippen LogP contribution in [-0.2, 0) is 19.5 Å². The fourth-order valence-corrected chi connectivity index (χ4v) is 3.14. The number of rotatable bonds is 6. The third kappa shape index (κ3) is 4.57. The lowest BCUT2D eigenvalue weighted by Gasteiger charge is -2.10. The summed E-state index contributed by atoms with van der Waals surface area (Å²) in [6.07, 6.45) is 0. The van der Waals surface area contributed by atoms with Gasteiger partial charge in [-0.2, -0.15) is 0 Å². The van der Waals surface area contributed by atoms with Crippen LogP contribution >= 0.6 is 0 Å². The topological polar surface area (TPSA) is 98.8 Å². The Bertz CT molecular complexity index is 892. The van der Waals surface area contributed by atoms with Crippen molar-refractivity contribution in [2.75, 3.05) is 18.4 Å². The van der Waals surface area contributed by atoms with Crippen LogP contribution in [0.4, 0.5) is 5.69 Å². The Morgan fingerprint density at radius 3 is 2.28 bits per heavy atom. The first-order valence-electron chi connectivity index (χ1n) is 7.35. The fourth-order valence-electron chi connectivity index (χ4n) is 2.05. The molecule has 0 bridgehead atoms. The van der Waals surface area contributed by atoms with Crippen molar-refractivity contribution in [2.45, 2.75) is 11.8 Å². The zero-order valence-electron chi connectivity index (χ0n) is 13.7. The number of sulfonamides is 1. The van der Waals surface area contributed by atoms with E-state index in [0.717, 1.165) is 0 Å². The van der Waals surface area contributed by atoms with Crippen LogP contribution in [0.3, 0.4) is 0 Å². The molecule has 0 heterocycles. The van der Waals surface area contributed by atoms with Crippen LogP contribution in [0.1, 0.15) is 27.6 Å². The van der Waals surface area contributed by atoms with Crippen molar-refractivity contribution >= 4 is 27.6 Å². The average molecular weight is 363 g/mol. The Balaban J connectivity index is 2.29. The van der Waals surface area contributed by atoms with Crippen molar-refractivity contribution in [1.82, 2.24) is 0 Å². The molecule has 0 radical (unpaired) electrons. The van der Waals surface area contributed by atoms with Crippen molar-refractivity contribution in [1.29, 1.82) is 0 Å². The number of methoxy groups -OCH3 is 1. The van der Waals surface area contributed by atoms with Gasteiger partial charge in [-0.3, -0.25) is 4.72 Å². The average Bonchev–Trinajstić information content (AvgIpc) is 2.61. The Hall–Kier alpha value is -2.87. The maximum atomic E-state index is 12.5. The SMILES string of the molecule is CCOC(=O)c1cccc(NS(=O)(=O)c2cccc(C(=O)OC)c2)c1. The van der Waals surface area contributed by atoms with E-state index < -0.39 is 22.0 Å². The molecule has 0 aliphatic heterocycles. The zero-order valence-corrected chi connectivity index (χ0v) is 14.5. The molecule has 8 heteroatoms. The van der Waals surface area contributed by atoms with Gasteiger partial charge in [-0.1, -0.05) is 12.1 Å². The minimum atomic E-state index is -3.94. The van der Waals surface area contributed by atoms with E-state index in [2.05, 4.69) is 9.46 Å². The van der Waals surface area contributed by atoms with Gasteiger partial charge in [0.2, 0.25) is 0 Å². The van der Waals surface area contributed by atoms with E-state index in [4.69, 9.17) is 4.74 Å². The van der Waals surface area contributed by atoms with E-state index in [-0.39, 0.29) is 28.3 Å². The highest BCUT2D eigenvalue weighted by atomic mass is 32.2. The molecule has 2 aromatic carbocycles. The number of nitrogens with one attached hydrogen (secondary N) is 1. The van der Waals surface area contributed by atoms with E-state index in [1.165, 1.54) is 55.6 Å². The molecule has 0 fully saturated rings. The van der Waals surface area contributed by atoms with Gasteiger partial charge in [0.15, 0.2) is 0 Å². The second kappa shape index (κ2) is 7.80. The third-order valence-electron chi connectivity index (χ3n) is 3.19. The highest BCUT2D eigenvalue weighted by Gasteiger charge is 2.17. The summed E-state index contributed by atoms with van der Waals surface area (Å²) in [4.78, 5) is 23.2. The number of hydrogen-bond acceptors (Lipinski definition) is 6. The van der Waals surface area contributed by atoms with Gasteiger partial charge >= 0.3 is 11.9 Å². The molecule has 0 aromatic heterocycles. The Kier molecular flexibility index (Phi) is 5.76. The second-order valence-corrected chi connectivity index (χ2v) is 6.61. The number of anilines is 1. The highest BCUT2D eigenvalue weighted by molar-refractivity contribution is 7.92. The summed E-state index contributed by atoms with van der Waals surface area (Å²) < 4.78 is 36.8. The van der Waals surface area contributed by atoms with Crippen LogP contribution in [0.2, 0.25) is 0 Å². The number of carbonyl (C=O) groups is 2. The molecular weight excluding hydrogens is 346 g/mol. The van der Waals surface area contributed by atoms with Crippen LogP contribution in [0.5, 0.6) is 0 Å². The predicted octanol–water partition coefficient (Wildman–Crippen LogP) is 2.45. The highest BCUT2D eigenvalue weighted by Crippen LogP contribution is 2.19. The molecule has 0 saturated heterocycles. The molecule has 132 valence electrons. The summed E-state index contributed by atoms with van der Waals surface area (Å²) in [5.74, 6) is -1.18. The maximum Gasteiger partial charge on any atom is 0.338 e. The quantitative estimate of drug-likeness (QED) is 0.792. The third-order valence-corrected chi connectivity index (χ3v) is 4.57. The molecule has 1 N–H and O–H groups in total. The lowest BCUT2D eigenvalue weighted by Crippen LogP contribution is -2.14. The standard InChI is InChI=1S/C17H17NO6S/c1-3-24-17(20)12-6-4-8-14(10-12)18-25(21,22)15-9-5-7-13(11-15)16(19)23-2/h4-11,18H,3H2,1-2H3.